The summed E-state index contributed by atoms with van der Waals surface area (Å²) in [5.74, 6) is 0.262. The molecular formula is C18H23N3O3. The number of hydrogen-bond acceptors (Lipinski definition) is 4. The first-order chi connectivity index (χ1) is 11.7. The summed E-state index contributed by atoms with van der Waals surface area (Å²) in [6, 6.07) is 11.8. The van der Waals surface area contributed by atoms with Crippen molar-refractivity contribution in [2.75, 3.05) is 19.8 Å². The molecule has 0 spiro atoms. The van der Waals surface area contributed by atoms with Crippen molar-refractivity contribution in [1.29, 1.82) is 0 Å². The van der Waals surface area contributed by atoms with Crippen LogP contribution in [0.5, 0.6) is 0 Å². The molecule has 1 aliphatic rings. The van der Waals surface area contributed by atoms with Crippen molar-refractivity contribution in [1.82, 2.24) is 15.1 Å². The van der Waals surface area contributed by atoms with Crippen LogP contribution in [-0.4, -0.2) is 35.4 Å². The van der Waals surface area contributed by atoms with E-state index >= 15 is 0 Å². The second-order valence-corrected chi connectivity index (χ2v) is 6.06. The number of nitrogens with zero attached hydrogens (tertiary/aromatic N) is 2. The molecule has 1 aromatic carbocycles. The van der Waals surface area contributed by atoms with E-state index in [1.54, 1.807) is 10.7 Å². The summed E-state index contributed by atoms with van der Waals surface area (Å²) in [7, 11) is 1.82. The largest absolute Gasteiger partial charge is 0.381 e. The molecule has 2 aromatic rings. The average Bonchev–Trinajstić information content (AvgIpc) is 3.24. The van der Waals surface area contributed by atoms with Gasteiger partial charge in [0.2, 0.25) is 0 Å². The Morgan fingerprint density at radius 1 is 1.38 bits per heavy atom. The zero-order chi connectivity index (χ0) is 16.8. The molecule has 128 valence electrons. The number of rotatable bonds is 7. The first-order valence-electron chi connectivity index (χ1n) is 8.23. The van der Waals surface area contributed by atoms with Gasteiger partial charge in [0, 0.05) is 26.1 Å². The number of aryl methyl sites for hydroxylation is 1. The van der Waals surface area contributed by atoms with Gasteiger partial charge in [0.05, 0.1) is 25.5 Å². The monoisotopic (exact) mass is 329 g/mol. The van der Waals surface area contributed by atoms with Crippen LogP contribution in [0.3, 0.4) is 0 Å². The summed E-state index contributed by atoms with van der Waals surface area (Å²) in [6.45, 7) is 3.10. The molecule has 0 saturated carbocycles. The molecule has 3 rings (SSSR count). The minimum Gasteiger partial charge on any atom is -0.381 e. The summed E-state index contributed by atoms with van der Waals surface area (Å²) in [4.78, 5) is 12.2. The SMILES string of the molecule is Cn1nc(C(=O)NCC2CCOC2)cc1COCc1ccccc1. The van der Waals surface area contributed by atoms with E-state index in [9.17, 15) is 4.79 Å². The summed E-state index contributed by atoms with van der Waals surface area (Å²) in [5.41, 5.74) is 2.42. The van der Waals surface area contributed by atoms with E-state index in [2.05, 4.69) is 10.4 Å². The lowest BCUT2D eigenvalue weighted by atomic mass is 10.1. The van der Waals surface area contributed by atoms with E-state index in [0.29, 0.717) is 31.4 Å². The Labute approximate surface area is 141 Å². The standard InChI is InChI=1S/C18H23N3O3/c1-21-16(13-24-11-14-5-3-2-4-6-14)9-17(20-21)18(22)19-10-15-7-8-23-12-15/h2-6,9,15H,7-8,10-13H2,1H3,(H,19,22). The highest BCUT2D eigenvalue weighted by atomic mass is 16.5. The third-order valence-electron chi connectivity index (χ3n) is 4.15. The fourth-order valence-corrected chi connectivity index (χ4v) is 2.67. The number of aromatic nitrogens is 2. The first-order valence-corrected chi connectivity index (χ1v) is 8.23. The number of benzene rings is 1. The molecular weight excluding hydrogens is 306 g/mol. The topological polar surface area (TPSA) is 65.4 Å². The van der Waals surface area contributed by atoms with Crippen LogP contribution in [0, 0.1) is 5.92 Å². The van der Waals surface area contributed by atoms with Gasteiger partial charge in [-0.05, 0) is 18.1 Å². The Bertz CT molecular complexity index is 663. The highest BCUT2D eigenvalue weighted by Gasteiger charge is 2.18. The van der Waals surface area contributed by atoms with E-state index in [-0.39, 0.29) is 5.91 Å². The molecule has 0 radical (unpaired) electrons. The normalized spacial score (nSPS) is 17.1. The van der Waals surface area contributed by atoms with Gasteiger partial charge in [-0.2, -0.15) is 5.10 Å². The third kappa shape index (κ3) is 4.43. The molecule has 1 aliphatic heterocycles. The highest BCUT2D eigenvalue weighted by molar-refractivity contribution is 5.92. The van der Waals surface area contributed by atoms with Gasteiger partial charge in [0.1, 0.15) is 0 Å². The van der Waals surface area contributed by atoms with Gasteiger partial charge in [-0.1, -0.05) is 30.3 Å². The van der Waals surface area contributed by atoms with E-state index in [0.717, 1.165) is 30.9 Å². The zero-order valence-electron chi connectivity index (χ0n) is 13.9. The van der Waals surface area contributed by atoms with Crippen LogP contribution in [0.4, 0.5) is 0 Å². The van der Waals surface area contributed by atoms with Crippen molar-refractivity contribution in [3.8, 4) is 0 Å². The Morgan fingerprint density at radius 3 is 2.96 bits per heavy atom. The van der Waals surface area contributed by atoms with E-state index in [1.165, 1.54) is 0 Å². The Balaban J connectivity index is 1.49. The molecule has 1 aromatic heterocycles. The van der Waals surface area contributed by atoms with Crippen LogP contribution >= 0.6 is 0 Å². The van der Waals surface area contributed by atoms with Crippen LogP contribution in [0.25, 0.3) is 0 Å². The molecule has 1 fully saturated rings. The lowest BCUT2D eigenvalue weighted by Gasteiger charge is -2.07. The minimum absolute atomic E-state index is 0.146. The number of carbonyl (C=O) groups excluding carboxylic acids is 1. The van der Waals surface area contributed by atoms with Crippen LogP contribution in [-0.2, 0) is 29.7 Å². The second kappa shape index (κ2) is 8.08. The van der Waals surface area contributed by atoms with Gasteiger partial charge in [-0.15, -0.1) is 0 Å². The quantitative estimate of drug-likeness (QED) is 0.843. The number of nitrogens with one attached hydrogen (secondary N) is 1. The van der Waals surface area contributed by atoms with Crippen LogP contribution in [0.2, 0.25) is 0 Å². The molecule has 6 nitrogen and oxygen atoms in total. The number of amides is 1. The Hall–Kier alpha value is -2.18. The molecule has 0 aliphatic carbocycles. The molecule has 1 N–H and O–H groups in total. The van der Waals surface area contributed by atoms with Crippen LogP contribution < -0.4 is 5.32 Å². The second-order valence-electron chi connectivity index (χ2n) is 6.06. The summed E-state index contributed by atoms with van der Waals surface area (Å²) in [6.07, 6.45) is 1.00. The van der Waals surface area contributed by atoms with Crippen molar-refractivity contribution in [2.45, 2.75) is 19.6 Å². The maximum Gasteiger partial charge on any atom is 0.271 e. The zero-order valence-corrected chi connectivity index (χ0v) is 13.9. The summed E-state index contributed by atoms with van der Waals surface area (Å²) in [5, 5.41) is 7.20. The molecule has 2 heterocycles. The third-order valence-corrected chi connectivity index (χ3v) is 4.15. The van der Waals surface area contributed by atoms with Gasteiger partial charge in [0.25, 0.3) is 5.91 Å². The lowest BCUT2D eigenvalue weighted by molar-refractivity contribution is 0.0939. The molecule has 1 unspecified atom stereocenters. The van der Waals surface area contributed by atoms with Crippen molar-refractivity contribution in [3.63, 3.8) is 0 Å². The van der Waals surface area contributed by atoms with Crippen molar-refractivity contribution < 1.29 is 14.3 Å². The summed E-state index contributed by atoms with van der Waals surface area (Å²) >= 11 is 0. The molecule has 1 amide bonds. The van der Waals surface area contributed by atoms with E-state index in [4.69, 9.17) is 9.47 Å². The van der Waals surface area contributed by atoms with Crippen molar-refractivity contribution in [3.05, 3.63) is 53.3 Å². The van der Waals surface area contributed by atoms with Crippen LogP contribution in [0.15, 0.2) is 36.4 Å². The van der Waals surface area contributed by atoms with Crippen molar-refractivity contribution >= 4 is 5.91 Å². The highest BCUT2D eigenvalue weighted by Crippen LogP contribution is 2.11. The predicted molar refractivity (Wildman–Crippen MR) is 89.4 cm³/mol. The number of hydrogen-bond donors (Lipinski definition) is 1. The average molecular weight is 329 g/mol. The maximum absolute atomic E-state index is 12.2. The Kier molecular flexibility index (Phi) is 5.61. The van der Waals surface area contributed by atoms with Gasteiger partial charge in [-0.25, -0.2) is 0 Å². The van der Waals surface area contributed by atoms with Gasteiger partial charge < -0.3 is 14.8 Å². The van der Waals surface area contributed by atoms with Gasteiger partial charge >= 0.3 is 0 Å². The van der Waals surface area contributed by atoms with E-state index in [1.807, 2.05) is 37.4 Å². The van der Waals surface area contributed by atoms with Crippen molar-refractivity contribution in [2.24, 2.45) is 13.0 Å². The smallest absolute Gasteiger partial charge is 0.271 e. The maximum atomic E-state index is 12.2. The lowest BCUT2D eigenvalue weighted by Crippen LogP contribution is -2.29. The Morgan fingerprint density at radius 2 is 2.21 bits per heavy atom. The number of carbonyl (C=O) groups is 1. The fraction of sp³-hybridized carbons (Fsp3) is 0.444. The molecule has 24 heavy (non-hydrogen) atoms. The van der Waals surface area contributed by atoms with Gasteiger partial charge in [-0.3, -0.25) is 9.48 Å². The molecule has 1 atom stereocenters. The summed E-state index contributed by atoms with van der Waals surface area (Å²) < 4.78 is 12.7. The fourth-order valence-electron chi connectivity index (χ4n) is 2.67. The molecule has 6 heteroatoms. The molecule has 1 saturated heterocycles. The minimum atomic E-state index is -0.146. The van der Waals surface area contributed by atoms with E-state index < -0.39 is 0 Å². The van der Waals surface area contributed by atoms with Crippen LogP contribution in [0.1, 0.15) is 28.2 Å². The van der Waals surface area contributed by atoms with Gasteiger partial charge in [0.15, 0.2) is 5.69 Å². The molecule has 0 bridgehead atoms. The number of ether oxygens (including phenoxy) is 2. The first kappa shape index (κ1) is 16.7. The predicted octanol–water partition coefficient (Wildman–Crippen LogP) is 1.90.